The van der Waals surface area contributed by atoms with Gasteiger partial charge in [-0.25, -0.2) is 9.69 Å². The fourth-order valence-electron chi connectivity index (χ4n) is 3.65. The van der Waals surface area contributed by atoms with E-state index < -0.39 is 23.8 Å². The number of hydrogen-bond donors (Lipinski definition) is 2. The lowest BCUT2D eigenvalue weighted by Gasteiger charge is -2.26. The Kier molecular flexibility index (Phi) is 7.99. The summed E-state index contributed by atoms with van der Waals surface area (Å²) < 4.78 is 11.0. The maximum atomic E-state index is 13.1. The van der Waals surface area contributed by atoms with Crippen molar-refractivity contribution in [1.29, 1.82) is 0 Å². The molecular weight excluding hydrogens is 533 g/mol. The summed E-state index contributed by atoms with van der Waals surface area (Å²) in [6.45, 7) is 1.52. The Balaban J connectivity index is 1.56. The summed E-state index contributed by atoms with van der Waals surface area (Å²) in [5.74, 6) is -1.83. The first-order valence-corrected chi connectivity index (χ1v) is 12.0. The average Bonchev–Trinajstić information content (AvgIpc) is 2.88. The van der Waals surface area contributed by atoms with E-state index in [0.29, 0.717) is 16.3 Å². The number of rotatable bonds is 7. The van der Waals surface area contributed by atoms with Crippen LogP contribution in [-0.4, -0.2) is 37.5 Å². The number of aryl methyl sites for hydroxylation is 1. The Morgan fingerprint density at radius 1 is 1.05 bits per heavy atom. The van der Waals surface area contributed by atoms with Gasteiger partial charge in [-0.05, 0) is 66.6 Å². The average molecular weight is 554 g/mol. The van der Waals surface area contributed by atoms with Crippen LogP contribution < -0.4 is 25.0 Å². The molecule has 0 saturated carbocycles. The third-order valence-electron chi connectivity index (χ3n) is 5.52. The molecule has 0 radical (unpaired) electrons. The van der Waals surface area contributed by atoms with E-state index in [-0.39, 0.29) is 34.4 Å². The highest BCUT2D eigenvalue weighted by Gasteiger charge is 2.36. The first-order chi connectivity index (χ1) is 18.2. The second-order valence-electron chi connectivity index (χ2n) is 8.12. The van der Waals surface area contributed by atoms with Crippen molar-refractivity contribution in [3.05, 3.63) is 87.4 Å². The van der Waals surface area contributed by atoms with Gasteiger partial charge in [0.2, 0.25) is 0 Å². The van der Waals surface area contributed by atoms with E-state index in [1.807, 2.05) is 19.1 Å². The fourth-order valence-corrected chi connectivity index (χ4v) is 4.05. The van der Waals surface area contributed by atoms with Crippen LogP contribution in [0.5, 0.6) is 11.5 Å². The zero-order chi connectivity index (χ0) is 27.4. The van der Waals surface area contributed by atoms with Gasteiger partial charge in [-0.1, -0.05) is 41.4 Å². The van der Waals surface area contributed by atoms with Crippen LogP contribution in [0, 0.1) is 6.92 Å². The summed E-state index contributed by atoms with van der Waals surface area (Å²) in [6.07, 6.45) is 1.27. The molecule has 2 N–H and O–H groups in total. The van der Waals surface area contributed by atoms with Gasteiger partial charge in [-0.15, -0.1) is 0 Å². The standard InChI is InChI=1S/C27H21Cl2N3O6/c1-15-5-3-4-6-21(15)30-23(33)14-38-24-20(29)12-16(13-22(24)37-2)11-19-25(34)31-27(36)32(26(19)35)18-9-7-17(28)8-10-18/h3-13H,14H2,1-2H3,(H,30,33)(H,31,34,36)/b19-11-. The van der Waals surface area contributed by atoms with E-state index >= 15 is 0 Å². The monoisotopic (exact) mass is 553 g/mol. The number of nitrogens with zero attached hydrogens (tertiary/aromatic N) is 1. The Hall–Kier alpha value is -4.34. The van der Waals surface area contributed by atoms with Crippen LogP contribution in [-0.2, 0) is 14.4 Å². The zero-order valence-corrected chi connectivity index (χ0v) is 21.7. The van der Waals surface area contributed by atoms with Gasteiger partial charge in [-0.2, -0.15) is 0 Å². The molecule has 1 aliphatic heterocycles. The lowest BCUT2D eigenvalue weighted by Crippen LogP contribution is -2.54. The number of para-hydroxylation sites is 1. The van der Waals surface area contributed by atoms with Gasteiger partial charge in [0.15, 0.2) is 18.1 Å². The second-order valence-corrected chi connectivity index (χ2v) is 8.96. The number of halogens is 2. The third-order valence-corrected chi connectivity index (χ3v) is 6.05. The number of ether oxygens (including phenoxy) is 2. The zero-order valence-electron chi connectivity index (χ0n) is 20.2. The molecule has 0 aromatic heterocycles. The summed E-state index contributed by atoms with van der Waals surface area (Å²) in [5, 5.41) is 5.40. The Labute approximate surface area is 227 Å². The molecule has 0 bridgehead atoms. The summed E-state index contributed by atoms with van der Waals surface area (Å²) >= 11 is 12.3. The molecular formula is C27H21Cl2N3O6. The van der Waals surface area contributed by atoms with Crippen LogP contribution in [0.1, 0.15) is 11.1 Å². The minimum atomic E-state index is -0.886. The predicted molar refractivity (Wildman–Crippen MR) is 144 cm³/mol. The van der Waals surface area contributed by atoms with Crippen LogP contribution in [0.4, 0.5) is 16.2 Å². The van der Waals surface area contributed by atoms with Gasteiger partial charge in [0.1, 0.15) is 5.57 Å². The van der Waals surface area contributed by atoms with Crippen molar-refractivity contribution in [2.24, 2.45) is 0 Å². The predicted octanol–water partition coefficient (Wildman–Crippen LogP) is 4.99. The van der Waals surface area contributed by atoms with Crippen LogP contribution in [0.3, 0.4) is 0 Å². The van der Waals surface area contributed by atoms with E-state index in [1.165, 1.54) is 49.6 Å². The molecule has 194 valence electrons. The number of anilines is 2. The molecule has 11 heteroatoms. The molecule has 0 spiro atoms. The minimum absolute atomic E-state index is 0.0780. The molecule has 9 nitrogen and oxygen atoms in total. The van der Waals surface area contributed by atoms with Crippen molar-refractivity contribution in [2.75, 3.05) is 23.9 Å². The van der Waals surface area contributed by atoms with Gasteiger partial charge < -0.3 is 14.8 Å². The SMILES string of the molecule is COc1cc(/C=C2/C(=O)NC(=O)N(c3ccc(Cl)cc3)C2=O)cc(Cl)c1OCC(=O)Nc1ccccc1C. The van der Waals surface area contributed by atoms with Crippen molar-refractivity contribution in [3.63, 3.8) is 0 Å². The van der Waals surface area contributed by atoms with Crippen molar-refractivity contribution in [2.45, 2.75) is 6.92 Å². The van der Waals surface area contributed by atoms with E-state index in [0.717, 1.165) is 10.5 Å². The number of urea groups is 1. The quantitative estimate of drug-likeness (QED) is 0.314. The summed E-state index contributed by atoms with van der Waals surface area (Å²) in [6, 6.07) is 15.3. The highest BCUT2D eigenvalue weighted by molar-refractivity contribution is 6.39. The van der Waals surface area contributed by atoms with Crippen LogP contribution in [0.2, 0.25) is 10.0 Å². The van der Waals surface area contributed by atoms with Gasteiger partial charge in [0.05, 0.1) is 17.8 Å². The molecule has 1 saturated heterocycles. The number of barbiturate groups is 1. The second kappa shape index (κ2) is 11.4. The van der Waals surface area contributed by atoms with Gasteiger partial charge >= 0.3 is 6.03 Å². The molecule has 0 atom stereocenters. The summed E-state index contributed by atoms with van der Waals surface area (Å²) in [7, 11) is 1.38. The summed E-state index contributed by atoms with van der Waals surface area (Å²) in [5.41, 5.74) is 1.81. The van der Waals surface area contributed by atoms with Gasteiger partial charge in [0, 0.05) is 10.7 Å². The van der Waals surface area contributed by atoms with Crippen molar-refractivity contribution in [1.82, 2.24) is 5.32 Å². The third kappa shape index (κ3) is 5.80. The van der Waals surface area contributed by atoms with E-state index in [4.69, 9.17) is 32.7 Å². The van der Waals surface area contributed by atoms with Crippen molar-refractivity contribution >= 4 is 64.4 Å². The number of hydrogen-bond acceptors (Lipinski definition) is 6. The first-order valence-electron chi connectivity index (χ1n) is 11.2. The van der Waals surface area contributed by atoms with Gasteiger partial charge in [0.25, 0.3) is 17.7 Å². The summed E-state index contributed by atoms with van der Waals surface area (Å²) in [4.78, 5) is 51.2. The smallest absolute Gasteiger partial charge is 0.335 e. The number of carbonyl (C=O) groups excluding carboxylic acids is 4. The molecule has 5 amide bonds. The number of amides is 5. The van der Waals surface area contributed by atoms with E-state index in [2.05, 4.69) is 10.6 Å². The molecule has 1 heterocycles. The van der Waals surface area contributed by atoms with Gasteiger partial charge in [-0.3, -0.25) is 19.7 Å². The Morgan fingerprint density at radius 2 is 1.76 bits per heavy atom. The largest absolute Gasteiger partial charge is 0.493 e. The number of imide groups is 2. The lowest BCUT2D eigenvalue weighted by atomic mass is 10.1. The minimum Gasteiger partial charge on any atom is -0.493 e. The maximum Gasteiger partial charge on any atom is 0.335 e. The van der Waals surface area contributed by atoms with Crippen LogP contribution >= 0.6 is 23.2 Å². The number of carbonyl (C=O) groups is 4. The Morgan fingerprint density at radius 3 is 2.45 bits per heavy atom. The molecule has 0 aliphatic carbocycles. The molecule has 4 rings (SSSR count). The number of benzene rings is 3. The topological polar surface area (TPSA) is 114 Å². The number of nitrogens with one attached hydrogen (secondary N) is 2. The Bertz CT molecular complexity index is 1470. The lowest BCUT2D eigenvalue weighted by molar-refractivity contribution is -0.122. The van der Waals surface area contributed by atoms with E-state index in [1.54, 1.807) is 12.1 Å². The molecule has 0 unspecified atom stereocenters. The van der Waals surface area contributed by atoms with Crippen molar-refractivity contribution in [3.8, 4) is 11.5 Å². The van der Waals surface area contributed by atoms with Crippen molar-refractivity contribution < 1.29 is 28.7 Å². The number of methoxy groups -OCH3 is 1. The normalized spacial score (nSPS) is 14.4. The molecule has 3 aromatic carbocycles. The molecule has 38 heavy (non-hydrogen) atoms. The highest BCUT2D eigenvalue weighted by atomic mass is 35.5. The van der Waals surface area contributed by atoms with E-state index in [9.17, 15) is 19.2 Å². The first kappa shape index (κ1) is 26.7. The van der Waals surface area contributed by atoms with Crippen LogP contribution in [0.15, 0.2) is 66.2 Å². The molecule has 1 aliphatic rings. The van der Waals surface area contributed by atoms with Crippen LogP contribution in [0.25, 0.3) is 6.08 Å². The fraction of sp³-hybridized carbons (Fsp3) is 0.111. The molecule has 3 aromatic rings. The highest BCUT2D eigenvalue weighted by Crippen LogP contribution is 2.37. The maximum absolute atomic E-state index is 13.1. The molecule has 1 fully saturated rings.